The Morgan fingerprint density at radius 2 is 2.11 bits per heavy atom. The SMILES string of the molecule is CCC(=O)NCc1cccnc1-c1cccnc1. The third kappa shape index (κ3) is 2.91. The second-order valence-electron chi connectivity index (χ2n) is 3.88. The Labute approximate surface area is 106 Å². The van der Waals surface area contributed by atoms with E-state index in [4.69, 9.17) is 0 Å². The van der Waals surface area contributed by atoms with Crippen LogP contribution in [0.15, 0.2) is 42.9 Å². The van der Waals surface area contributed by atoms with Gasteiger partial charge in [-0.1, -0.05) is 13.0 Å². The first-order chi connectivity index (χ1) is 8.81. The van der Waals surface area contributed by atoms with E-state index in [-0.39, 0.29) is 5.91 Å². The van der Waals surface area contributed by atoms with Gasteiger partial charge in [0.05, 0.1) is 5.69 Å². The van der Waals surface area contributed by atoms with Gasteiger partial charge in [-0.2, -0.15) is 0 Å². The largest absolute Gasteiger partial charge is 0.352 e. The van der Waals surface area contributed by atoms with Crippen molar-refractivity contribution in [3.63, 3.8) is 0 Å². The molecule has 2 heterocycles. The van der Waals surface area contributed by atoms with E-state index < -0.39 is 0 Å². The Morgan fingerprint density at radius 3 is 2.83 bits per heavy atom. The number of nitrogens with one attached hydrogen (secondary N) is 1. The summed E-state index contributed by atoms with van der Waals surface area (Å²) >= 11 is 0. The predicted molar refractivity (Wildman–Crippen MR) is 69.6 cm³/mol. The molecule has 0 fully saturated rings. The summed E-state index contributed by atoms with van der Waals surface area (Å²) in [4.78, 5) is 19.7. The average Bonchev–Trinajstić information content (AvgIpc) is 2.46. The maximum Gasteiger partial charge on any atom is 0.219 e. The van der Waals surface area contributed by atoms with Crippen molar-refractivity contribution in [1.82, 2.24) is 15.3 Å². The number of carbonyl (C=O) groups excluding carboxylic acids is 1. The molecule has 0 radical (unpaired) electrons. The summed E-state index contributed by atoms with van der Waals surface area (Å²) in [6.45, 7) is 2.32. The lowest BCUT2D eigenvalue weighted by Crippen LogP contribution is -2.21. The first-order valence-electron chi connectivity index (χ1n) is 5.92. The van der Waals surface area contributed by atoms with Gasteiger partial charge in [0.2, 0.25) is 5.91 Å². The van der Waals surface area contributed by atoms with E-state index in [1.54, 1.807) is 18.6 Å². The zero-order valence-electron chi connectivity index (χ0n) is 10.3. The molecule has 92 valence electrons. The van der Waals surface area contributed by atoms with E-state index in [9.17, 15) is 4.79 Å². The van der Waals surface area contributed by atoms with Crippen LogP contribution in [0.4, 0.5) is 0 Å². The van der Waals surface area contributed by atoms with Crippen molar-refractivity contribution >= 4 is 5.91 Å². The normalized spacial score (nSPS) is 10.1. The smallest absolute Gasteiger partial charge is 0.219 e. The lowest BCUT2D eigenvalue weighted by Gasteiger charge is -2.09. The Bertz CT molecular complexity index is 526. The van der Waals surface area contributed by atoms with E-state index >= 15 is 0 Å². The minimum absolute atomic E-state index is 0.0380. The average molecular weight is 241 g/mol. The van der Waals surface area contributed by atoms with Crippen molar-refractivity contribution in [2.45, 2.75) is 19.9 Å². The number of nitrogens with zero attached hydrogens (tertiary/aromatic N) is 2. The summed E-state index contributed by atoms with van der Waals surface area (Å²) in [5.74, 6) is 0.0380. The maximum atomic E-state index is 11.3. The molecule has 1 amide bonds. The van der Waals surface area contributed by atoms with Crippen LogP contribution in [0.2, 0.25) is 0 Å². The van der Waals surface area contributed by atoms with Gasteiger partial charge in [0.25, 0.3) is 0 Å². The number of rotatable bonds is 4. The molecule has 2 rings (SSSR count). The molecule has 0 unspecified atom stereocenters. The molecule has 0 saturated carbocycles. The van der Waals surface area contributed by atoms with Crippen LogP contribution < -0.4 is 5.32 Å². The molecule has 18 heavy (non-hydrogen) atoms. The molecule has 1 N–H and O–H groups in total. The highest BCUT2D eigenvalue weighted by molar-refractivity contribution is 5.75. The predicted octanol–water partition coefficient (Wildman–Crippen LogP) is 2.17. The third-order valence-electron chi connectivity index (χ3n) is 2.62. The van der Waals surface area contributed by atoms with Crippen LogP contribution in [0.5, 0.6) is 0 Å². The zero-order valence-corrected chi connectivity index (χ0v) is 10.3. The number of carbonyl (C=O) groups is 1. The number of pyridine rings is 2. The Morgan fingerprint density at radius 1 is 1.28 bits per heavy atom. The maximum absolute atomic E-state index is 11.3. The summed E-state index contributed by atoms with van der Waals surface area (Å²) in [7, 11) is 0. The quantitative estimate of drug-likeness (QED) is 0.892. The first kappa shape index (κ1) is 12.2. The number of hydrogen-bond acceptors (Lipinski definition) is 3. The van der Waals surface area contributed by atoms with Crippen LogP contribution in [0.1, 0.15) is 18.9 Å². The van der Waals surface area contributed by atoms with Gasteiger partial charge < -0.3 is 5.32 Å². The van der Waals surface area contributed by atoms with Gasteiger partial charge in [-0.15, -0.1) is 0 Å². The highest BCUT2D eigenvalue weighted by Crippen LogP contribution is 2.19. The Kier molecular flexibility index (Phi) is 4.02. The molecular formula is C14H15N3O. The van der Waals surface area contributed by atoms with E-state index in [1.165, 1.54) is 0 Å². The van der Waals surface area contributed by atoms with Crippen LogP contribution in [-0.4, -0.2) is 15.9 Å². The number of aromatic nitrogens is 2. The summed E-state index contributed by atoms with van der Waals surface area (Å²) < 4.78 is 0. The fourth-order valence-corrected chi connectivity index (χ4v) is 1.66. The summed E-state index contributed by atoms with van der Waals surface area (Å²) in [6.07, 6.45) is 5.73. The molecule has 0 aliphatic rings. The highest BCUT2D eigenvalue weighted by Gasteiger charge is 2.06. The Hall–Kier alpha value is -2.23. The van der Waals surface area contributed by atoms with Gasteiger partial charge >= 0.3 is 0 Å². The molecule has 0 aliphatic carbocycles. The third-order valence-corrected chi connectivity index (χ3v) is 2.62. The van der Waals surface area contributed by atoms with Gasteiger partial charge in [-0.3, -0.25) is 14.8 Å². The lowest BCUT2D eigenvalue weighted by atomic mass is 10.1. The van der Waals surface area contributed by atoms with Crippen LogP contribution in [-0.2, 0) is 11.3 Å². The van der Waals surface area contributed by atoms with Gasteiger partial charge in [0.15, 0.2) is 0 Å². The van der Waals surface area contributed by atoms with Crippen molar-refractivity contribution in [2.24, 2.45) is 0 Å². The van der Waals surface area contributed by atoms with E-state index in [2.05, 4.69) is 15.3 Å². The fourth-order valence-electron chi connectivity index (χ4n) is 1.66. The van der Waals surface area contributed by atoms with Crippen molar-refractivity contribution < 1.29 is 4.79 Å². The molecule has 0 atom stereocenters. The highest BCUT2D eigenvalue weighted by atomic mass is 16.1. The lowest BCUT2D eigenvalue weighted by molar-refractivity contribution is -0.120. The first-order valence-corrected chi connectivity index (χ1v) is 5.92. The molecule has 2 aromatic heterocycles. The van der Waals surface area contributed by atoms with Crippen LogP contribution in [0, 0.1) is 0 Å². The second-order valence-corrected chi connectivity index (χ2v) is 3.88. The topological polar surface area (TPSA) is 54.9 Å². The van der Waals surface area contributed by atoms with Gasteiger partial charge in [0, 0.05) is 37.1 Å². The second kappa shape index (κ2) is 5.91. The van der Waals surface area contributed by atoms with Crippen molar-refractivity contribution in [2.75, 3.05) is 0 Å². The summed E-state index contributed by atoms with van der Waals surface area (Å²) in [5.41, 5.74) is 2.81. The molecule has 0 spiro atoms. The molecule has 2 aromatic rings. The monoisotopic (exact) mass is 241 g/mol. The fraction of sp³-hybridized carbons (Fsp3) is 0.214. The molecule has 0 aromatic carbocycles. The molecule has 0 aliphatic heterocycles. The molecular weight excluding hydrogens is 226 g/mol. The van der Waals surface area contributed by atoms with Crippen LogP contribution >= 0.6 is 0 Å². The van der Waals surface area contributed by atoms with Crippen LogP contribution in [0.25, 0.3) is 11.3 Å². The van der Waals surface area contributed by atoms with Crippen LogP contribution in [0.3, 0.4) is 0 Å². The van der Waals surface area contributed by atoms with Gasteiger partial charge in [-0.05, 0) is 23.8 Å². The van der Waals surface area contributed by atoms with Crippen molar-refractivity contribution in [3.8, 4) is 11.3 Å². The standard InChI is InChI=1S/C14H15N3O/c1-2-13(18)17-10-12-6-4-8-16-14(12)11-5-3-7-15-9-11/h3-9H,2,10H2,1H3,(H,17,18). The van der Waals surface area contributed by atoms with Gasteiger partial charge in [0.1, 0.15) is 0 Å². The summed E-state index contributed by atoms with van der Waals surface area (Å²) in [5, 5.41) is 2.86. The minimum Gasteiger partial charge on any atom is -0.352 e. The van der Waals surface area contributed by atoms with E-state index in [1.807, 2.05) is 31.2 Å². The zero-order chi connectivity index (χ0) is 12.8. The minimum atomic E-state index is 0.0380. The number of amides is 1. The Balaban J connectivity index is 2.24. The molecule has 4 heteroatoms. The summed E-state index contributed by atoms with van der Waals surface area (Å²) in [6, 6.07) is 7.66. The van der Waals surface area contributed by atoms with Crippen molar-refractivity contribution in [1.29, 1.82) is 0 Å². The van der Waals surface area contributed by atoms with E-state index in [0.717, 1.165) is 16.8 Å². The number of hydrogen-bond donors (Lipinski definition) is 1. The molecule has 4 nitrogen and oxygen atoms in total. The molecule has 0 bridgehead atoms. The molecule has 0 saturated heterocycles. The van der Waals surface area contributed by atoms with E-state index in [0.29, 0.717) is 13.0 Å². The van der Waals surface area contributed by atoms with Gasteiger partial charge in [-0.25, -0.2) is 0 Å². The van der Waals surface area contributed by atoms with Crippen molar-refractivity contribution in [3.05, 3.63) is 48.4 Å².